The normalized spacial score (nSPS) is 10.1. The summed E-state index contributed by atoms with van der Waals surface area (Å²) < 4.78 is 20.6. The van der Waals surface area contributed by atoms with Gasteiger partial charge >= 0.3 is 17.9 Å². The minimum Gasteiger partial charge on any atom is -0.464 e. The van der Waals surface area contributed by atoms with E-state index in [9.17, 15) is 14.4 Å². The molecule has 266 valence electrons. The van der Waals surface area contributed by atoms with E-state index in [1.807, 2.05) is 109 Å². The molecule has 12 nitrogen and oxygen atoms in total. The molecule has 0 aliphatic heterocycles. The molecular formula is C40H32ClN5O7. The van der Waals surface area contributed by atoms with Crippen molar-refractivity contribution in [3.63, 3.8) is 0 Å². The van der Waals surface area contributed by atoms with E-state index in [2.05, 4.69) is 29.7 Å². The van der Waals surface area contributed by atoms with Crippen molar-refractivity contribution in [2.75, 3.05) is 21.3 Å². The van der Waals surface area contributed by atoms with Crippen molar-refractivity contribution >= 4 is 29.5 Å². The summed E-state index contributed by atoms with van der Waals surface area (Å²) in [5, 5.41) is 8.56. The zero-order valence-corrected chi connectivity index (χ0v) is 29.5. The zero-order chi connectivity index (χ0) is 37.6. The number of methoxy groups -OCH3 is 3. The molecule has 0 atom stereocenters. The fraction of sp³-hybridized carbons (Fsp3) is 0.0750. The molecule has 4 aromatic carbocycles. The number of rotatable bonds is 7. The van der Waals surface area contributed by atoms with Gasteiger partial charge in [0.15, 0.2) is 22.8 Å². The Morgan fingerprint density at radius 1 is 0.604 bits per heavy atom. The lowest BCUT2D eigenvalue weighted by molar-refractivity contribution is 0.0581. The molecule has 7 rings (SSSR count). The summed E-state index contributed by atoms with van der Waals surface area (Å²) in [7, 11) is 3.96. The minimum absolute atomic E-state index is 0.177. The number of ether oxygens (including phenoxy) is 3. The largest absolute Gasteiger partial charge is 0.464 e. The highest BCUT2D eigenvalue weighted by atomic mass is 35.5. The summed E-state index contributed by atoms with van der Waals surface area (Å²) >= 11 is 6.28. The molecule has 0 bridgehead atoms. The first kappa shape index (κ1) is 37.3. The van der Waals surface area contributed by atoms with Gasteiger partial charge in [0.05, 0.1) is 38.4 Å². The first-order valence-electron chi connectivity index (χ1n) is 15.9. The number of hydrogen-bond donors (Lipinski definition) is 0. The van der Waals surface area contributed by atoms with Crippen LogP contribution in [0.25, 0.3) is 39.5 Å². The number of esters is 3. The van der Waals surface area contributed by atoms with E-state index in [4.69, 9.17) is 20.9 Å². The molecule has 0 radical (unpaired) electrons. The number of halogens is 1. The van der Waals surface area contributed by atoms with Crippen molar-refractivity contribution < 1.29 is 33.1 Å². The van der Waals surface area contributed by atoms with Crippen LogP contribution in [0.5, 0.6) is 0 Å². The van der Waals surface area contributed by atoms with Crippen LogP contribution in [0.2, 0.25) is 5.02 Å². The standard InChI is InChI=1S/C17H13ClN2O2.C12H10N2O2.C11H9NO3/c1-22-17(21)15-11-16(13-9-5-6-10-14(13)18)20(19-15)12-7-3-2-4-8-12;1-16-12(15)11-7-10(13-8-14-11)9-5-3-2-4-6-9;1-14-11(13)9-7-10(15-12-9)8-5-3-2-4-6-8/h2-11H,1H3;2-8H,1H3;2-7H,1H3. The third-order valence-electron chi connectivity index (χ3n) is 7.35. The van der Waals surface area contributed by atoms with E-state index in [1.165, 1.54) is 27.7 Å². The van der Waals surface area contributed by atoms with Crippen LogP contribution in [0.3, 0.4) is 0 Å². The van der Waals surface area contributed by atoms with E-state index in [1.54, 1.807) is 28.9 Å². The lowest BCUT2D eigenvalue weighted by atomic mass is 10.1. The van der Waals surface area contributed by atoms with Crippen LogP contribution >= 0.6 is 11.6 Å². The molecule has 0 amide bonds. The molecule has 0 saturated heterocycles. The number of nitrogens with zero attached hydrogens (tertiary/aromatic N) is 5. The molecule has 13 heteroatoms. The van der Waals surface area contributed by atoms with Crippen LogP contribution in [0.15, 0.2) is 144 Å². The maximum Gasteiger partial charge on any atom is 0.360 e. The fourth-order valence-corrected chi connectivity index (χ4v) is 5.00. The van der Waals surface area contributed by atoms with Gasteiger partial charge in [-0.25, -0.2) is 29.0 Å². The molecule has 3 aromatic heterocycles. The number of carbonyl (C=O) groups excluding carboxylic acids is 3. The Morgan fingerprint density at radius 2 is 1.15 bits per heavy atom. The van der Waals surface area contributed by atoms with Gasteiger partial charge in [0.25, 0.3) is 0 Å². The Morgan fingerprint density at radius 3 is 1.77 bits per heavy atom. The Labute approximate surface area is 309 Å². The van der Waals surface area contributed by atoms with Crippen LogP contribution in [0.1, 0.15) is 31.5 Å². The van der Waals surface area contributed by atoms with E-state index >= 15 is 0 Å². The Kier molecular flexibility index (Phi) is 12.9. The van der Waals surface area contributed by atoms with Crippen molar-refractivity contribution in [2.45, 2.75) is 0 Å². The summed E-state index contributed by atoms with van der Waals surface area (Å²) in [4.78, 5) is 42.2. The van der Waals surface area contributed by atoms with Gasteiger partial charge in [0, 0.05) is 27.8 Å². The number of hydrogen-bond acceptors (Lipinski definition) is 11. The minimum atomic E-state index is -0.499. The van der Waals surface area contributed by atoms with Crippen LogP contribution in [-0.2, 0) is 14.2 Å². The molecule has 0 N–H and O–H groups in total. The molecule has 0 aliphatic carbocycles. The molecule has 0 fully saturated rings. The topological polar surface area (TPSA) is 149 Å². The SMILES string of the molecule is COC(=O)c1cc(-c2ccccc2)ncn1.COC(=O)c1cc(-c2ccccc2)on1.COC(=O)c1cc(-c2ccccc2Cl)n(-c2ccccc2)n1. The fourth-order valence-electron chi connectivity index (χ4n) is 4.77. The first-order chi connectivity index (χ1) is 25.8. The van der Waals surface area contributed by atoms with Crippen molar-refractivity contribution in [1.29, 1.82) is 0 Å². The van der Waals surface area contributed by atoms with E-state index < -0.39 is 17.9 Å². The second kappa shape index (κ2) is 18.4. The van der Waals surface area contributed by atoms with E-state index in [0.29, 0.717) is 16.5 Å². The van der Waals surface area contributed by atoms with Crippen molar-refractivity contribution in [3.8, 4) is 39.5 Å². The third kappa shape index (κ3) is 9.66. The number of carbonyl (C=O) groups is 3. The van der Waals surface area contributed by atoms with Crippen LogP contribution in [0.4, 0.5) is 0 Å². The monoisotopic (exact) mass is 729 g/mol. The zero-order valence-electron chi connectivity index (χ0n) is 28.8. The average molecular weight is 730 g/mol. The molecule has 0 saturated carbocycles. The summed E-state index contributed by atoms with van der Waals surface area (Å²) in [6, 6.07) is 40.9. The van der Waals surface area contributed by atoms with Gasteiger partial charge in [-0.2, -0.15) is 5.10 Å². The van der Waals surface area contributed by atoms with Gasteiger partial charge in [-0.1, -0.05) is 114 Å². The van der Waals surface area contributed by atoms with E-state index in [0.717, 1.165) is 28.1 Å². The van der Waals surface area contributed by atoms with Gasteiger partial charge in [-0.3, -0.25) is 0 Å². The summed E-state index contributed by atoms with van der Waals surface area (Å²) in [6.45, 7) is 0. The summed E-state index contributed by atoms with van der Waals surface area (Å²) in [5.41, 5.74) is 5.57. The van der Waals surface area contributed by atoms with Crippen LogP contribution in [0, 0.1) is 0 Å². The quantitative estimate of drug-likeness (QED) is 0.116. The predicted octanol–water partition coefficient (Wildman–Crippen LogP) is 8.04. The predicted molar refractivity (Wildman–Crippen MR) is 197 cm³/mol. The average Bonchev–Trinajstić information content (AvgIpc) is 3.91. The van der Waals surface area contributed by atoms with Gasteiger partial charge in [-0.15, -0.1) is 0 Å². The maximum absolute atomic E-state index is 11.8. The molecular weight excluding hydrogens is 698 g/mol. The summed E-state index contributed by atoms with van der Waals surface area (Å²) in [5.74, 6) is -0.889. The molecule has 53 heavy (non-hydrogen) atoms. The Bertz CT molecular complexity index is 2280. The number of benzene rings is 4. The molecule has 0 aliphatic rings. The lowest BCUT2D eigenvalue weighted by Gasteiger charge is -2.08. The summed E-state index contributed by atoms with van der Waals surface area (Å²) in [6.07, 6.45) is 1.36. The Balaban J connectivity index is 0.000000157. The third-order valence-corrected chi connectivity index (χ3v) is 7.68. The number of aromatic nitrogens is 5. The molecule has 7 aromatic rings. The maximum atomic E-state index is 11.8. The van der Waals surface area contributed by atoms with Crippen molar-refractivity contribution in [3.05, 3.63) is 162 Å². The van der Waals surface area contributed by atoms with Gasteiger partial charge in [0.2, 0.25) is 0 Å². The van der Waals surface area contributed by atoms with E-state index in [-0.39, 0.29) is 17.1 Å². The molecule has 0 unspecified atom stereocenters. The van der Waals surface area contributed by atoms with Crippen molar-refractivity contribution in [1.82, 2.24) is 24.9 Å². The smallest absolute Gasteiger partial charge is 0.360 e. The van der Waals surface area contributed by atoms with Gasteiger partial charge in [0.1, 0.15) is 6.33 Å². The van der Waals surface area contributed by atoms with Gasteiger partial charge < -0.3 is 18.7 Å². The highest BCUT2D eigenvalue weighted by Crippen LogP contribution is 2.30. The Hall–Kier alpha value is -6.92. The van der Waals surface area contributed by atoms with Gasteiger partial charge in [-0.05, 0) is 30.3 Å². The second-order valence-corrected chi connectivity index (χ2v) is 11.1. The van der Waals surface area contributed by atoms with Crippen LogP contribution < -0.4 is 0 Å². The lowest BCUT2D eigenvalue weighted by Crippen LogP contribution is -2.04. The first-order valence-corrected chi connectivity index (χ1v) is 16.3. The van der Waals surface area contributed by atoms with Crippen molar-refractivity contribution in [2.24, 2.45) is 0 Å². The van der Waals surface area contributed by atoms with Crippen LogP contribution in [-0.4, -0.2) is 64.1 Å². The molecule has 3 heterocycles. The second-order valence-electron chi connectivity index (χ2n) is 10.7. The highest BCUT2D eigenvalue weighted by Gasteiger charge is 2.18. The highest BCUT2D eigenvalue weighted by molar-refractivity contribution is 6.33. The molecule has 0 spiro atoms. The number of para-hydroxylation sites is 1.